The monoisotopic (exact) mass is 571 g/mol. The zero-order valence-corrected chi connectivity index (χ0v) is 24.5. The molecule has 5 rings (SSSR count). The highest BCUT2D eigenvalue weighted by Crippen LogP contribution is 2.69. The SMILES string of the molecule is COCC(=O)O[C@]1(C(=O)S)CCC2[C@@H]3C[C@H](C)C4=CC([NH2+]c5ccc(F)cc5)=C(C=N)C[C@]4(C)C3[C@@H](O)C[C@@]21C. The van der Waals surface area contributed by atoms with Crippen molar-refractivity contribution in [1.29, 1.82) is 5.41 Å². The molecule has 8 atom stereocenters. The van der Waals surface area contributed by atoms with Gasteiger partial charge in [-0.15, -0.1) is 12.6 Å². The minimum absolute atomic E-state index is 0.0627. The Morgan fingerprint density at radius 3 is 2.60 bits per heavy atom. The number of carbonyl (C=O) groups excluding carboxylic acids is 2. The molecule has 3 saturated carbocycles. The average molecular weight is 572 g/mol. The summed E-state index contributed by atoms with van der Waals surface area (Å²) in [5, 5.41) is 21.7. The van der Waals surface area contributed by atoms with Crippen molar-refractivity contribution in [2.75, 3.05) is 13.7 Å². The number of esters is 1. The second-order valence-corrected chi connectivity index (χ2v) is 13.1. The first-order valence-electron chi connectivity index (χ1n) is 14.1. The third kappa shape index (κ3) is 4.40. The summed E-state index contributed by atoms with van der Waals surface area (Å²) in [7, 11) is 1.41. The number of ether oxygens (including phenoxy) is 2. The van der Waals surface area contributed by atoms with E-state index in [9.17, 15) is 19.1 Å². The molecular formula is C31H40FN2O5S+. The van der Waals surface area contributed by atoms with Crippen LogP contribution in [-0.4, -0.2) is 47.8 Å². The molecule has 2 unspecified atom stereocenters. The maximum Gasteiger partial charge on any atom is 0.333 e. The van der Waals surface area contributed by atoms with Gasteiger partial charge in [0, 0.05) is 36.4 Å². The van der Waals surface area contributed by atoms with Crippen molar-refractivity contribution < 1.29 is 33.9 Å². The number of hydrogen-bond donors (Lipinski definition) is 4. The number of allylic oxidation sites excluding steroid dienone is 3. The molecule has 216 valence electrons. The van der Waals surface area contributed by atoms with E-state index in [2.05, 4.69) is 32.6 Å². The van der Waals surface area contributed by atoms with Crippen LogP contribution in [0.4, 0.5) is 10.1 Å². The Morgan fingerprint density at radius 2 is 1.98 bits per heavy atom. The summed E-state index contributed by atoms with van der Waals surface area (Å²) in [5.41, 5.74) is 1.41. The number of thiol groups is 1. The molecule has 0 aromatic heterocycles. The number of aliphatic hydroxyl groups excluding tert-OH is 1. The van der Waals surface area contributed by atoms with Crippen LogP contribution < -0.4 is 5.32 Å². The number of halogens is 1. The Balaban J connectivity index is 1.50. The lowest BCUT2D eigenvalue weighted by Gasteiger charge is -2.61. The van der Waals surface area contributed by atoms with Crippen molar-refractivity contribution in [3.8, 4) is 0 Å². The van der Waals surface area contributed by atoms with E-state index in [4.69, 9.17) is 14.9 Å². The highest BCUT2D eigenvalue weighted by molar-refractivity contribution is 7.96. The summed E-state index contributed by atoms with van der Waals surface area (Å²) in [6.45, 7) is 6.16. The molecule has 7 nitrogen and oxygen atoms in total. The topological polar surface area (TPSA) is 113 Å². The molecule has 1 aromatic rings. The van der Waals surface area contributed by atoms with E-state index in [-0.39, 0.29) is 41.5 Å². The molecule has 0 radical (unpaired) electrons. The third-order valence-corrected chi connectivity index (χ3v) is 11.0. The number of nitrogens with one attached hydrogen (secondary N) is 1. The molecule has 40 heavy (non-hydrogen) atoms. The average Bonchev–Trinajstić information content (AvgIpc) is 3.18. The zero-order valence-electron chi connectivity index (χ0n) is 23.6. The van der Waals surface area contributed by atoms with E-state index in [0.717, 1.165) is 23.4 Å². The lowest BCUT2D eigenvalue weighted by atomic mass is 9.44. The van der Waals surface area contributed by atoms with Gasteiger partial charge in [-0.3, -0.25) is 10.1 Å². The van der Waals surface area contributed by atoms with Gasteiger partial charge in [0.05, 0.1) is 6.10 Å². The van der Waals surface area contributed by atoms with Crippen LogP contribution in [0.25, 0.3) is 0 Å². The third-order valence-electron chi connectivity index (χ3n) is 10.6. The van der Waals surface area contributed by atoms with Crippen molar-refractivity contribution in [2.24, 2.45) is 34.5 Å². The van der Waals surface area contributed by atoms with Crippen molar-refractivity contribution >= 4 is 35.6 Å². The predicted molar refractivity (Wildman–Crippen MR) is 152 cm³/mol. The Kier molecular flexibility index (Phi) is 7.66. The highest BCUT2D eigenvalue weighted by atomic mass is 32.1. The summed E-state index contributed by atoms with van der Waals surface area (Å²) < 4.78 is 24.3. The Hall–Kier alpha value is -2.33. The first-order valence-corrected chi connectivity index (χ1v) is 14.5. The number of methoxy groups -OCH3 is 1. The number of fused-ring (bicyclic) bond motifs is 5. The molecule has 1 aromatic carbocycles. The molecule has 9 heteroatoms. The molecule has 0 aliphatic heterocycles. The van der Waals surface area contributed by atoms with E-state index >= 15 is 0 Å². The van der Waals surface area contributed by atoms with Crippen LogP contribution in [-0.2, 0) is 19.1 Å². The Bertz CT molecular complexity index is 1280. The van der Waals surface area contributed by atoms with Crippen molar-refractivity contribution in [3.05, 3.63) is 53.0 Å². The number of benzene rings is 1. The normalized spacial score (nSPS) is 38.6. The van der Waals surface area contributed by atoms with Crippen LogP contribution >= 0.6 is 12.6 Å². The molecule has 0 heterocycles. The number of carbonyl (C=O) groups is 2. The van der Waals surface area contributed by atoms with Gasteiger partial charge in [-0.2, -0.15) is 0 Å². The summed E-state index contributed by atoms with van der Waals surface area (Å²) >= 11 is 4.23. The molecular weight excluding hydrogens is 531 g/mol. The smallest absolute Gasteiger partial charge is 0.333 e. The molecule has 4 N–H and O–H groups in total. The van der Waals surface area contributed by atoms with Gasteiger partial charge in [-0.1, -0.05) is 26.3 Å². The van der Waals surface area contributed by atoms with Gasteiger partial charge in [-0.05, 0) is 79.4 Å². The van der Waals surface area contributed by atoms with Crippen LogP contribution in [0.1, 0.15) is 52.9 Å². The first-order chi connectivity index (χ1) is 18.9. The van der Waals surface area contributed by atoms with E-state index in [1.54, 1.807) is 12.1 Å². The standard InChI is InChI=1S/C31H39FN2O5S/c1-17-11-21-22-9-10-31(28(37)40,39-26(36)16-38-4)30(22,3)14-25(35)27(21)29(2)13-18(15-33)24(12-23(17)29)34-20-7-5-19(32)6-8-20/h5-8,12,15,17,21-22,25,27,33-35H,9-11,13-14,16H2,1-4H3,(H,37,40)/p+1/t17-,21-,22?,25-,27?,29-,30-,31-/m0/s1. The van der Waals surface area contributed by atoms with Gasteiger partial charge in [0.25, 0.3) is 0 Å². The predicted octanol–water partition coefficient (Wildman–Crippen LogP) is 4.10. The van der Waals surface area contributed by atoms with E-state index in [0.29, 0.717) is 25.7 Å². The van der Waals surface area contributed by atoms with Crippen molar-refractivity contribution in [2.45, 2.75) is 64.6 Å². The van der Waals surface area contributed by atoms with Crippen LogP contribution in [0.3, 0.4) is 0 Å². The van der Waals surface area contributed by atoms with Gasteiger partial charge in [0.1, 0.15) is 23.8 Å². The van der Waals surface area contributed by atoms with Crippen LogP contribution in [0.15, 0.2) is 47.2 Å². The summed E-state index contributed by atoms with van der Waals surface area (Å²) in [6, 6.07) is 6.33. The van der Waals surface area contributed by atoms with E-state index < -0.39 is 28.2 Å². The fourth-order valence-corrected chi connectivity index (χ4v) is 9.47. The lowest BCUT2D eigenvalue weighted by molar-refractivity contribution is -0.513. The zero-order chi connectivity index (χ0) is 29.0. The first kappa shape index (κ1) is 29.2. The van der Waals surface area contributed by atoms with Crippen LogP contribution in [0, 0.1) is 45.7 Å². The minimum Gasteiger partial charge on any atom is -0.448 e. The molecule has 3 fully saturated rings. The summed E-state index contributed by atoms with van der Waals surface area (Å²) in [4.78, 5) is 25.7. The van der Waals surface area contributed by atoms with Crippen molar-refractivity contribution in [1.82, 2.24) is 0 Å². The fraction of sp³-hybridized carbons (Fsp3) is 0.581. The van der Waals surface area contributed by atoms with Gasteiger partial charge in [-0.25, -0.2) is 9.18 Å². The van der Waals surface area contributed by atoms with Crippen molar-refractivity contribution in [3.63, 3.8) is 0 Å². The van der Waals surface area contributed by atoms with Crippen LogP contribution in [0.2, 0.25) is 0 Å². The van der Waals surface area contributed by atoms with Gasteiger partial charge < -0.3 is 20.0 Å². The van der Waals surface area contributed by atoms with Gasteiger partial charge in [0.2, 0.25) is 5.12 Å². The molecule has 0 amide bonds. The number of quaternary nitrogens is 1. The second kappa shape index (κ2) is 10.5. The molecule has 0 spiro atoms. The Morgan fingerprint density at radius 1 is 1.27 bits per heavy atom. The maximum atomic E-state index is 13.5. The lowest BCUT2D eigenvalue weighted by Crippen LogP contribution is -2.76. The number of nitrogens with two attached hydrogens (primary N) is 1. The van der Waals surface area contributed by atoms with Crippen LogP contribution in [0.5, 0.6) is 0 Å². The molecule has 0 saturated heterocycles. The van der Waals surface area contributed by atoms with E-state index in [1.165, 1.54) is 31.0 Å². The largest absolute Gasteiger partial charge is 0.448 e. The fourth-order valence-electron chi connectivity index (χ4n) is 9.06. The second-order valence-electron chi connectivity index (χ2n) is 12.7. The number of hydrogen-bond acceptors (Lipinski definition) is 6. The Labute approximate surface area is 240 Å². The van der Waals surface area contributed by atoms with Gasteiger partial charge in [0.15, 0.2) is 5.60 Å². The van der Waals surface area contributed by atoms with E-state index in [1.807, 2.05) is 12.2 Å². The minimum atomic E-state index is -1.41. The quantitative estimate of drug-likeness (QED) is 0.170. The number of aliphatic hydroxyl groups is 1. The summed E-state index contributed by atoms with van der Waals surface area (Å²) in [6.07, 6.45) is 5.70. The van der Waals surface area contributed by atoms with Gasteiger partial charge >= 0.3 is 5.97 Å². The molecule has 4 aliphatic rings. The molecule has 0 bridgehead atoms. The highest BCUT2D eigenvalue weighted by Gasteiger charge is 2.70. The summed E-state index contributed by atoms with van der Waals surface area (Å²) in [5.74, 6) is -0.583. The molecule has 4 aliphatic carbocycles. The number of rotatable bonds is 7. The maximum absolute atomic E-state index is 13.5.